The van der Waals surface area contributed by atoms with Gasteiger partial charge in [-0.1, -0.05) is 13.3 Å². The lowest BCUT2D eigenvalue weighted by atomic mass is 9.89. The van der Waals surface area contributed by atoms with E-state index in [1.54, 1.807) is 4.90 Å². The largest absolute Gasteiger partial charge is 0.480 e. The van der Waals surface area contributed by atoms with Gasteiger partial charge < -0.3 is 5.11 Å². The highest BCUT2D eigenvalue weighted by Crippen LogP contribution is 2.37. The van der Waals surface area contributed by atoms with Crippen molar-refractivity contribution in [3.05, 3.63) is 0 Å². The Morgan fingerprint density at radius 1 is 1.56 bits per heavy atom. The maximum atomic E-state index is 11.7. The number of nitrogens with one attached hydrogen (secondary N) is 1. The number of carbonyl (C=O) groups excluding carboxylic acids is 2. The van der Waals surface area contributed by atoms with Gasteiger partial charge in [-0.25, -0.2) is 0 Å². The number of hydrogen-bond donors (Lipinski definition) is 2. The van der Waals surface area contributed by atoms with Crippen LogP contribution in [-0.2, 0) is 14.4 Å². The maximum absolute atomic E-state index is 11.7. The fourth-order valence-corrected chi connectivity index (χ4v) is 3.16. The van der Waals surface area contributed by atoms with E-state index in [1.807, 2.05) is 6.92 Å². The minimum absolute atomic E-state index is 0.0809. The second-order valence-corrected chi connectivity index (χ2v) is 5.02. The normalized spacial score (nSPS) is 32.8. The van der Waals surface area contributed by atoms with E-state index in [9.17, 15) is 19.5 Å². The van der Waals surface area contributed by atoms with Gasteiger partial charge in [0, 0.05) is 6.54 Å². The Bertz CT molecular complexity index is 396. The molecule has 6 heteroatoms. The summed E-state index contributed by atoms with van der Waals surface area (Å²) in [6.07, 6.45) is 2.64. The Morgan fingerprint density at radius 2 is 2.28 bits per heavy atom. The van der Waals surface area contributed by atoms with Gasteiger partial charge in [-0.15, -0.1) is 0 Å². The summed E-state index contributed by atoms with van der Waals surface area (Å²) < 4.78 is 0. The minimum atomic E-state index is -0.971. The summed E-state index contributed by atoms with van der Waals surface area (Å²) in [6, 6.07) is -0.609. The molecule has 100 valence electrons. The van der Waals surface area contributed by atoms with Crippen LogP contribution in [0.2, 0.25) is 0 Å². The van der Waals surface area contributed by atoms with E-state index in [4.69, 9.17) is 0 Å². The number of likely N-dealkylation sites (tertiary alicyclic amines) is 1. The zero-order valence-corrected chi connectivity index (χ0v) is 10.4. The van der Waals surface area contributed by atoms with Crippen LogP contribution in [0.25, 0.3) is 0 Å². The molecule has 0 saturated carbocycles. The molecule has 2 aliphatic heterocycles. The van der Waals surface area contributed by atoms with Gasteiger partial charge in [-0.05, 0) is 19.3 Å². The molecule has 6 nitrogen and oxygen atoms in total. The van der Waals surface area contributed by atoms with Crippen molar-refractivity contribution in [2.45, 2.75) is 50.6 Å². The van der Waals surface area contributed by atoms with Crippen LogP contribution in [0.3, 0.4) is 0 Å². The summed E-state index contributed by atoms with van der Waals surface area (Å²) in [4.78, 5) is 36.3. The standard InChI is InChI=1S/C12H18N2O4/c1-2-4-12(11(17)18)5-3-6-14(12)8-7-9(15)13-10(8)16/h8H,2-7H2,1H3,(H,17,18)(H,13,15,16). The number of carboxylic acid groups (broad SMARTS) is 1. The molecule has 0 aromatic heterocycles. The molecular formula is C12H18N2O4. The molecule has 0 bridgehead atoms. The lowest BCUT2D eigenvalue weighted by Gasteiger charge is -2.37. The van der Waals surface area contributed by atoms with Gasteiger partial charge in [-0.3, -0.25) is 24.6 Å². The Hall–Kier alpha value is -1.43. The van der Waals surface area contributed by atoms with Crippen LogP contribution in [0.15, 0.2) is 0 Å². The van der Waals surface area contributed by atoms with Gasteiger partial charge in [0.1, 0.15) is 5.54 Å². The second-order valence-electron chi connectivity index (χ2n) is 5.02. The van der Waals surface area contributed by atoms with E-state index in [1.165, 1.54) is 0 Å². The molecule has 2 saturated heterocycles. The topological polar surface area (TPSA) is 86.7 Å². The summed E-state index contributed by atoms with van der Waals surface area (Å²) in [5.74, 6) is -1.55. The molecule has 2 aliphatic rings. The van der Waals surface area contributed by atoms with Crippen molar-refractivity contribution < 1.29 is 19.5 Å². The average Bonchev–Trinajstić information content (AvgIpc) is 2.83. The smallest absolute Gasteiger partial charge is 0.324 e. The minimum Gasteiger partial charge on any atom is -0.480 e. The highest BCUT2D eigenvalue weighted by molar-refractivity contribution is 6.05. The molecule has 2 heterocycles. The van der Waals surface area contributed by atoms with Crippen molar-refractivity contribution in [2.75, 3.05) is 6.54 Å². The molecule has 0 radical (unpaired) electrons. The quantitative estimate of drug-likeness (QED) is 0.696. The number of nitrogens with zero attached hydrogens (tertiary/aromatic N) is 1. The summed E-state index contributed by atoms with van der Waals surface area (Å²) in [5.41, 5.74) is -0.971. The summed E-state index contributed by atoms with van der Waals surface area (Å²) in [5, 5.41) is 11.8. The van der Waals surface area contributed by atoms with Crippen LogP contribution >= 0.6 is 0 Å². The van der Waals surface area contributed by atoms with Crippen LogP contribution < -0.4 is 5.32 Å². The third-order valence-electron chi connectivity index (χ3n) is 3.92. The predicted molar refractivity (Wildman–Crippen MR) is 62.8 cm³/mol. The van der Waals surface area contributed by atoms with Gasteiger partial charge in [0.2, 0.25) is 11.8 Å². The number of hydrogen-bond acceptors (Lipinski definition) is 4. The van der Waals surface area contributed by atoms with Crippen molar-refractivity contribution in [2.24, 2.45) is 0 Å². The number of rotatable bonds is 4. The predicted octanol–water partition coefficient (Wildman–Crippen LogP) is 0.121. The lowest BCUT2D eigenvalue weighted by molar-refractivity contribution is -0.152. The molecule has 2 N–H and O–H groups in total. The first kappa shape index (κ1) is 13.0. The summed E-state index contributed by atoms with van der Waals surface area (Å²) in [7, 11) is 0. The number of aliphatic carboxylic acids is 1. The van der Waals surface area contributed by atoms with Crippen LogP contribution in [0.5, 0.6) is 0 Å². The first-order valence-electron chi connectivity index (χ1n) is 6.35. The SMILES string of the molecule is CCCC1(C(=O)O)CCCN1C1CC(=O)NC1=O. The summed E-state index contributed by atoms with van der Waals surface area (Å²) in [6.45, 7) is 2.50. The third kappa shape index (κ3) is 1.90. The number of carbonyl (C=O) groups is 3. The Kier molecular flexibility index (Phi) is 3.38. The second kappa shape index (κ2) is 4.68. The number of carboxylic acids is 1. The molecule has 2 fully saturated rings. The van der Waals surface area contributed by atoms with Gasteiger partial charge in [0.15, 0.2) is 0 Å². The Labute approximate surface area is 105 Å². The highest BCUT2D eigenvalue weighted by atomic mass is 16.4. The van der Waals surface area contributed by atoms with E-state index in [2.05, 4.69) is 5.32 Å². The fraction of sp³-hybridized carbons (Fsp3) is 0.750. The molecule has 2 rings (SSSR count). The van der Waals surface area contributed by atoms with E-state index in [0.29, 0.717) is 19.4 Å². The highest BCUT2D eigenvalue weighted by Gasteiger charge is 2.52. The van der Waals surface area contributed by atoms with Crippen LogP contribution in [-0.4, -0.2) is 45.9 Å². The fourth-order valence-electron chi connectivity index (χ4n) is 3.16. The van der Waals surface area contributed by atoms with Crippen LogP contribution in [0, 0.1) is 0 Å². The molecule has 0 aliphatic carbocycles. The molecule has 2 atom stereocenters. The molecule has 0 aromatic carbocycles. The zero-order valence-electron chi connectivity index (χ0n) is 10.4. The molecule has 2 unspecified atom stereocenters. The first-order chi connectivity index (χ1) is 8.51. The van der Waals surface area contributed by atoms with Crippen molar-refractivity contribution in [1.82, 2.24) is 10.2 Å². The van der Waals surface area contributed by atoms with Gasteiger partial charge in [-0.2, -0.15) is 0 Å². The first-order valence-corrected chi connectivity index (χ1v) is 6.35. The summed E-state index contributed by atoms with van der Waals surface area (Å²) >= 11 is 0. The Balaban J connectivity index is 2.27. The van der Waals surface area contributed by atoms with Gasteiger partial charge in [0.05, 0.1) is 12.5 Å². The molecule has 0 spiro atoms. The monoisotopic (exact) mass is 254 g/mol. The van der Waals surface area contributed by atoms with E-state index in [-0.39, 0.29) is 18.2 Å². The maximum Gasteiger partial charge on any atom is 0.324 e. The Morgan fingerprint density at radius 3 is 2.78 bits per heavy atom. The molecular weight excluding hydrogens is 236 g/mol. The molecule has 2 amide bonds. The average molecular weight is 254 g/mol. The van der Waals surface area contributed by atoms with Crippen molar-refractivity contribution >= 4 is 17.8 Å². The van der Waals surface area contributed by atoms with Crippen molar-refractivity contribution in [3.63, 3.8) is 0 Å². The van der Waals surface area contributed by atoms with Gasteiger partial charge >= 0.3 is 5.97 Å². The number of imide groups is 1. The van der Waals surface area contributed by atoms with Gasteiger partial charge in [0.25, 0.3) is 0 Å². The van der Waals surface area contributed by atoms with E-state index in [0.717, 1.165) is 12.8 Å². The van der Waals surface area contributed by atoms with Crippen LogP contribution in [0.1, 0.15) is 39.0 Å². The van der Waals surface area contributed by atoms with E-state index < -0.39 is 17.6 Å². The van der Waals surface area contributed by atoms with E-state index >= 15 is 0 Å². The number of amides is 2. The third-order valence-corrected chi connectivity index (χ3v) is 3.92. The lowest BCUT2D eigenvalue weighted by Crippen LogP contribution is -2.56. The molecule has 0 aromatic rings. The van der Waals surface area contributed by atoms with Crippen LogP contribution in [0.4, 0.5) is 0 Å². The van der Waals surface area contributed by atoms with Crippen molar-refractivity contribution in [1.29, 1.82) is 0 Å². The molecule has 18 heavy (non-hydrogen) atoms. The zero-order chi connectivity index (χ0) is 13.3. The van der Waals surface area contributed by atoms with Crippen molar-refractivity contribution in [3.8, 4) is 0 Å².